The van der Waals surface area contributed by atoms with E-state index in [1.165, 1.54) is 0 Å². The van der Waals surface area contributed by atoms with E-state index in [1.54, 1.807) is 13.3 Å². The number of pyridine rings is 1. The zero-order chi connectivity index (χ0) is 11.1. The number of halogens is 1. The van der Waals surface area contributed by atoms with E-state index in [1.807, 2.05) is 24.3 Å². The Morgan fingerprint density at radius 3 is 2.94 bits per heavy atom. The van der Waals surface area contributed by atoms with Crippen molar-refractivity contribution in [1.29, 1.82) is 0 Å². The third-order valence-electron chi connectivity index (χ3n) is 2.68. The molecule has 3 rings (SSSR count). The molecule has 2 aromatic heterocycles. The van der Waals surface area contributed by atoms with E-state index in [0.717, 1.165) is 27.6 Å². The summed E-state index contributed by atoms with van der Waals surface area (Å²) in [5, 5.41) is 2.70. The molecule has 4 heteroatoms. The van der Waals surface area contributed by atoms with E-state index in [2.05, 4.69) is 9.97 Å². The Balaban J connectivity index is 2.45. The highest BCUT2D eigenvalue weighted by atomic mass is 35.5. The second kappa shape index (κ2) is 3.39. The van der Waals surface area contributed by atoms with Gasteiger partial charge in [0.15, 0.2) is 5.15 Å². The van der Waals surface area contributed by atoms with Gasteiger partial charge in [0.1, 0.15) is 5.75 Å². The zero-order valence-corrected chi connectivity index (χ0v) is 9.38. The first-order valence-corrected chi connectivity index (χ1v) is 5.27. The van der Waals surface area contributed by atoms with Crippen LogP contribution in [0, 0.1) is 0 Å². The molecule has 0 atom stereocenters. The first-order chi connectivity index (χ1) is 7.79. The van der Waals surface area contributed by atoms with Crippen LogP contribution in [-0.4, -0.2) is 17.1 Å². The van der Waals surface area contributed by atoms with Crippen LogP contribution in [-0.2, 0) is 0 Å². The summed E-state index contributed by atoms with van der Waals surface area (Å²) in [7, 11) is 1.65. The Morgan fingerprint density at radius 1 is 1.25 bits per heavy atom. The number of H-pyrrole nitrogens is 1. The van der Waals surface area contributed by atoms with Crippen LogP contribution in [0.3, 0.4) is 0 Å². The third-order valence-corrected chi connectivity index (χ3v) is 2.97. The number of methoxy groups -OCH3 is 1. The van der Waals surface area contributed by atoms with Crippen molar-refractivity contribution in [2.24, 2.45) is 0 Å². The van der Waals surface area contributed by atoms with Gasteiger partial charge in [0.25, 0.3) is 0 Å². The minimum absolute atomic E-state index is 0.493. The average Bonchev–Trinajstić information content (AvgIpc) is 2.68. The Kier molecular flexibility index (Phi) is 2.01. The zero-order valence-electron chi connectivity index (χ0n) is 8.62. The molecule has 1 aromatic carbocycles. The van der Waals surface area contributed by atoms with E-state index in [-0.39, 0.29) is 0 Å². The van der Waals surface area contributed by atoms with Crippen LogP contribution in [0.2, 0.25) is 5.15 Å². The lowest BCUT2D eigenvalue weighted by molar-refractivity contribution is 0.415. The smallest absolute Gasteiger partial charge is 0.153 e. The number of benzene rings is 1. The quantitative estimate of drug-likeness (QED) is 0.653. The van der Waals surface area contributed by atoms with Gasteiger partial charge in [0, 0.05) is 23.0 Å². The number of ether oxygens (including phenoxy) is 1. The lowest BCUT2D eigenvalue weighted by Crippen LogP contribution is -1.80. The highest BCUT2D eigenvalue weighted by molar-refractivity contribution is 6.35. The topological polar surface area (TPSA) is 37.9 Å². The lowest BCUT2D eigenvalue weighted by atomic mass is 10.2. The number of aromatic nitrogens is 2. The van der Waals surface area contributed by atoms with Gasteiger partial charge in [-0.1, -0.05) is 11.6 Å². The number of nitrogens with one attached hydrogen (secondary N) is 1. The third kappa shape index (κ3) is 1.25. The summed E-state index contributed by atoms with van der Waals surface area (Å²) < 4.78 is 5.18. The number of aromatic amines is 1. The van der Waals surface area contributed by atoms with Crippen molar-refractivity contribution < 1.29 is 4.74 Å². The number of nitrogens with zero attached hydrogens (tertiary/aromatic N) is 1. The molecule has 0 spiro atoms. The molecule has 0 saturated heterocycles. The fraction of sp³-hybridized carbons (Fsp3) is 0.0833. The van der Waals surface area contributed by atoms with Crippen molar-refractivity contribution in [1.82, 2.24) is 9.97 Å². The largest absolute Gasteiger partial charge is 0.497 e. The second-order valence-electron chi connectivity index (χ2n) is 3.56. The van der Waals surface area contributed by atoms with Crippen LogP contribution in [0.15, 0.2) is 30.5 Å². The predicted octanol–water partition coefficient (Wildman–Crippen LogP) is 3.38. The van der Waals surface area contributed by atoms with Crippen LogP contribution < -0.4 is 4.74 Å². The molecule has 0 radical (unpaired) electrons. The Hall–Kier alpha value is -1.74. The SMILES string of the molecule is COc1ccc2c(c1)[nH]c1c(Cl)nccc12. The molecule has 0 saturated carbocycles. The summed E-state index contributed by atoms with van der Waals surface area (Å²) in [6.45, 7) is 0. The number of hydrogen-bond acceptors (Lipinski definition) is 2. The monoisotopic (exact) mass is 232 g/mol. The molecule has 2 heterocycles. The molecule has 0 unspecified atom stereocenters. The van der Waals surface area contributed by atoms with Gasteiger partial charge >= 0.3 is 0 Å². The lowest BCUT2D eigenvalue weighted by Gasteiger charge is -1.98. The van der Waals surface area contributed by atoms with Crippen molar-refractivity contribution in [2.75, 3.05) is 7.11 Å². The highest BCUT2D eigenvalue weighted by Gasteiger charge is 2.07. The fourth-order valence-corrected chi connectivity index (χ4v) is 2.11. The first-order valence-electron chi connectivity index (χ1n) is 4.89. The Morgan fingerprint density at radius 2 is 2.12 bits per heavy atom. The van der Waals surface area contributed by atoms with Gasteiger partial charge in [-0.25, -0.2) is 4.98 Å². The van der Waals surface area contributed by atoms with E-state index in [0.29, 0.717) is 5.15 Å². The molecule has 1 N–H and O–H groups in total. The molecular weight excluding hydrogens is 224 g/mol. The predicted molar refractivity (Wildman–Crippen MR) is 65.2 cm³/mol. The maximum absolute atomic E-state index is 6.03. The van der Waals surface area contributed by atoms with E-state index in [4.69, 9.17) is 16.3 Å². The van der Waals surface area contributed by atoms with Gasteiger partial charge < -0.3 is 9.72 Å². The summed E-state index contributed by atoms with van der Waals surface area (Å²) in [5.41, 5.74) is 1.87. The van der Waals surface area contributed by atoms with Crippen molar-refractivity contribution in [3.63, 3.8) is 0 Å². The van der Waals surface area contributed by atoms with Gasteiger partial charge in [-0.05, 0) is 18.2 Å². The molecule has 0 bridgehead atoms. The molecule has 0 fully saturated rings. The molecule has 0 amide bonds. The number of fused-ring (bicyclic) bond motifs is 3. The molecule has 0 aliphatic carbocycles. The van der Waals surface area contributed by atoms with E-state index >= 15 is 0 Å². The molecule has 80 valence electrons. The maximum Gasteiger partial charge on any atom is 0.153 e. The van der Waals surface area contributed by atoms with Crippen LogP contribution in [0.1, 0.15) is 0 Å². The molecule has 0 aliphatic rings. The Bertz CT molecular complexity index is 675. The normalized spacial score (nSPS) is 11.1. The number of hydrogen-bond donors (Lipinski definition) is 1. The van der Waals surface area contributed by atoms with Gasteiger partial charge in [-0.2, -0.15) is 0 Å². The van der Waals surface area contributed by atoms with Gasteiger partial charge in [0.2, 0.25) is 0 Å². The summed E-state index contributed by atoms with van der Waals surface area (Å²) in [6.07, 6.45) is 1.71. The van der Waals surface area contributed by atoms with Crippen LogP contribution in [0.5, 0.6) is 5.75 Å². The summed E-state index contributed by atoms with van der Waals surface area (Å²) >= 11 is 6.03. The molecule has 3 nitrogen and oxygen atoms in total. The average molecular weight is 233 g/mol. The van der Waals surface area contributed by atoms with Crippen molar-refractivity contribution in [3.05, 3.63) is 35.6 Å². The van der Waals surface area contributed by atoms with Gasteiger partial charge in [0.05, 0.1) is 18.1 Å². The molecular formula is C12H9ClN2O. The highest BCUT2D eigenvalue weighted by Crippen LogP contribution is 2.30. The van der Waals surface area contributed by atoms with Gasteiger partial charge in [-0.3, -0.25) is 0 Å². The van der Waals surface area contributed by atoms with Crippen molar-refractivity contribution >= 4 is 33.4 Å². The Labute approximate surface area is 97.0 Å². The standard InChI is InChI=1S/C12H9ClN2O/c1-16-7-2-3-8-9-4-5-14-12(13)11(9)15-10(8)6-7/h2-6,15H,1H3. The van der Waals surface area contributed by atoms with E-state index < -0.39 is 0 Å². The maximum atomic E-state index is 6.03. The van der Waals surface area contributed by atoms with Crippen molar-refractivity contribution in [2.45, 2.75) is 0 Å². The summed E-state index contributed by atoms with van der Waals surface area (Å²) in [6, 6.07) is 7.85. The second-order valence-corrected chi connectivity index (χ2v) is 3.92. The van der Waals surface area contributed by atoms with Crippen LogP contribution >= 0.6 is 11.6 Å². The van der Waals surface area contributed by atoms with E-state index in [9.17, 15) is 0 Å². The van der Waals surface area contributed by atoms with Gasteiger partial charge in [-0.15, -0.1) is 0 Å². The first kappa shape index (κ1) is 9.48. The minimum Gasteiger partial charge on any atom is -0.497 e. The summed E-state index contributed by atoms with van der Waals surface area (Å²) in [5.74, 6) is 0.822. The summed E-state index contributed by atoms with van der Waals surface area (Å²) in [4.78, 5) is 7.29. The van der Waals surface area contributed by atoms with Crippen molar-refractivity contribution in [3.8, 4) is 5.75 Å². The molecule has 3 aromatic rings. The van der Waals surface area contributed by atoms with Crippen LogP contribution in [0.4, 0.5) is 0 Å². The molecule has 16 heavy (non-hydrogen) atoms. The number of rotatable bonds is 1. The minimum atomic E-state index is 0.493. The fourth-order valence-electron chi connectivity index (χ4n) is 1.90. The van der Waals surface area contributed by atoms with Crippen LogP contribution in [0.25, 0.3) is 21.8 Å². The molecule has 0 aliphatic heterocycles.